The molecule has 0 aromatic heterocycles. The van der Waals surface area contributed by atoms with E-state index in [4.69, 9.17) is 4.74 Å². The number of piperidine rings is 1. The molecule has 0 saturated carbocycles. The molecule has 0 spiro atoms. The highest BCUT2D eigenvalue weighted by Crippen LogP contribution is 2.25. The summed E-state index contributed by atoms with van der Waals surface area (Å²) in [5, 5.41) is 0. The van der Waals surface area contributed by atoms with E-state index in [-0.39, 0.29) is 18.0 Å². The van der Waals surface area contributed by atoms with Crippen LogP contribution in [-0.2, 0) is 28.7 Å². The van der Waals surface area contributed by atoms with Crippen molar-refractivity contribution < 1.29 is 18.5 Å². The highest BCUT2D eigenvalue weighted by molar-refractivity contribution is 7.81. The molecule has 1 amide bonds. The Morgan fingerprint density at radius 2 is 1.90 bits per heavy atom. The lowest BCUT2D eigenvalue weighted by Crippen LogP contribution is -2.39. The third kappa shape index (κ3) is 6.88. The van der Waals surface area contributed by atoms with Crippen molar-refractivity contribution in [3.63, 3.8) is 0 Å². The van der Waals surface area contributed by atoms with Crippen molar-refractivity contribution >= 4 is 22.9 Å². The van der Waals surface area contributed by atoms with Gasteiger partial charge in [-0.25, -0.2) is 13.3 Å². The quantitative estimate of drug-likeness (QED) is 0.582. The Morgan fingerprint density at radius 1 is 1.16 bits per heavy atom. The second kappa shape index (κ2) is 11.2. The van der Waals surface area contributed by atoms with E-state index in [0.717, 1.165) is 63.7 Å². The van der Waals surface area contributed by atoms with Gasteiger partial charge in [-0.2, -0.15) is 0 Å². The summed E-state index contributed by atoms with van der Waals surface area (Å²) in [7, 11) is -0.962. The van der Waals surface area contributed by atoms with Gasteiger partial charge in [0.25, 0.3) is 0 Å². The van der Waals surface area contributed by atoms with Crippen molar-refractivity contribution in [1.82, 2.24) is 9.21 Å². The lowest BCUT2D eigenvalue weighted by molar-refractivity contribution is 0.0646. The van der Waals surface area contributed by atoms with Crippen molar-refractivity contribution in [1.29, 1.82) is 0 Å². The highest BCUT2D eigenvalue weighted by Gasteiger charge is 2.24. The van der Waals surface area contributed by atoms with Crippen LogP contribution in [0.4, 0.5) is 4.79 Å². The van der Waals surface area contributed by atoms with Gasteiger partial charge in [0.05, 0.1) is 17.1 Å². The first kappa shape index (κ1) is 23.9. The fourth-order valence-corrected chi connectivity index (χ4v) is 5.20. The topological polar surface area (TPSA) is 66.9 Å². The molecule has 1 aromatic carbocycles. The van der Waals surface area contributed by atoms with Gasteiger partial charge in [0, 0.05) is 44.4 Å². The minimum absolute atomic E-state index is 0.0845. The predicted octanol–water partition coefficient (Wildman–Crippen LogP) is 4.34. The van der Waals surface area contributed by atoms with Crippen molar-refractivity contribution in [2.45, 2.75) is 71.4 Å². The number of fused-ring (bicyclic) bond motifs is 1. The molecular formula is C24H36N2O4S. The monoisotopic (exact) mass is 448 g/mol. The first-order chi connectivity index (χ1) is 14.8. The average Bonchev–Trinajstić information content (AvgIpc) is 2.95. The summed E-state index contributed by atoms with van der Waals surface area (Å²) in [5.41, 5.74) is 3.21. The predicted molar refractivity (Wildman–Crippen MR) is 123 cm³/mol. The van der Waals surface area contributed by atoms with Crippen molar-refractivity contribution in [3.05, 3.63) is 34.9 Å². The van der Waals surface area contributed by atoms with E-state index < -0.39 is 11.0 Å². The van der Waals surface area contributed by atoms with Gasteiger partial charge < -0.3 is 9.64 Å². The van der Waals surface area contributed by atoms with Gasteiger partial charge in [0.1, 0.15) is 0 Å². The smallest absolute Gasteiger partial charge is 0.410 e. The molecule has 2 aliphatic rings. The zero-order valence-corrected chi connectivity index (χ0v) is 19.9. The van der Waals surface area contributed by atoms with Crippen LogP contribution in [0, 0.1) is 5.92 Å². The fourth-order valence-electron chi connectivity index (χ4n) is 4.50. The van der Waals surface area contributed by atoms with Gasteiger partial charge in [-0.15, -0.1) is 0 Å². The molecule has 2 aliphatic heterocycles. The molecule has 31 heavy (non-hydrogen) atoms. The Balaban J connectivity index is 1.44. The molecule has 0 N–H and O–H groups in total. The minimum Gasteiger partial charge on any atom is -0.447 e. The number of carbonyl (C=O) groups is 2. The highest BCUT2D eigenvalue weighted by atomic mass is 32.2. The third-order valence-electron chi connectivity index (χ3n) is 6.32. The van der Waals surface area contributed by atoms with Crippen LogP contribution in [0.5, 0.6) is 0 Å². The third-order valence-corrected chi connectivity index (χ3v) is 7.36. The molecule has 1 unspecified atom stereocenters. The zero-order valence-electron chi connectivity index (χ0n) is 19.1. The van der Waals surface area contributed by atoms with Gasteiger partial charge >= 0.3 is 6.09 Å². The number of amides is 1. The zero-order chi connectivity index (χ0) is 22.4. The standard InChI is InChI=1S/C24H36N2O4S/c1-18(2)30-24(28)25-14-11-19(12-15-25)6-4-8-23(27)21-9-10-22-17-26(31(3)29)13-5-7-20(22)16-21/h9-10,16,18-19H,4-8,11-15,17H2,1-3H3. The van der Waals surface area contributed by atoms with Crippen LogP contribution >= 0.6 is 0 Å². The molecule has 1 atom stereocenters. The van der Waals surface area contributed by atoms with Crippen LogP contribution in [0.1, 0.15) is 73.9 Å². The van der Waals surface area contributed by atoms with E-state index in [1.165, 1.54) is 11.1 Å². The fraction of sp³-hybridized carbons (Fsp3) is 0.667. The molecule has 0 radical (unpaired) electrons. The summed E-state index contributed by atoms with van der Waals surface area (Å²) in [4.78, 5) is 26.5. The number of Topliss-reactive ketones (excluding diaryl/α,β-unsaturated/α-hetero) is 1. The molecule has 0 bridgehead atoms. The lowest BCUT2D eigenvalue weighted by Gasteiger charge is -2.31. The number of hydrogen-bond acceptors (Lipinski definition) is 4. The first-order valence-corrected chi connectivity index (χ1v) is 13.0. The van der Waals surface area contributed by atoms with E-state index in [1.807, 2.05) is 30.3 Å². The van der Waals surface area contributed by atoms with Gasteiger partial charge in [0.15, 0.2) is 5.78 Å². The molecule has 2 heterocycles. The summed E-state index contributed by atoms with van der Waals surface area (Å²) in [5.74, 6) is 0.782. The lowest BCUT2D eigenvalue weighted by atomic mass is 9.90. The van der Waals surface area contributed by atoms with Crippen molar-refractivity contribution in [2.75, 3.05) is 25.9 Å². The summed E-state index contributed by atoms with van der Waals surface area (Å²) in [6.07, 6.45) is 7.78. The Morgan fingerprint density at radius 3 is 2.58 bits per heavy atom. The number of carbonyl (C=O) groups excluding carboxylic acids is 2. The molecule has 7 heteroatoms. The van der Waals surface area contributed by atoms with Crippen LogP contribution < -0.4 is 0 Å². The molecular weight excluding hydrogens is 412 g/mol. The maximum atomic E-state index is 12.7. The van der Waals surface area contributed by atoms with E-state index in [1.54, 1.807) is 11.2 Å². The minimum atomic E-state index is -0.962. The molecule has 3 rings (SSSR count). The van der Waals surface area contributed by atoms with Crippen LogP contribution in [0.3, 0.4) is 0 Å². The van der Waals surface area contributed by atoms with Crippen LogP contribution in [0.15, 0.2) is 18.2 Å². The normalized spacial score (nSPS) is 19.0. The molecule has 1 aromatic rings. The SMILES string of the molecule is CC(C)OC(=O)N1CCC(CCCC(=O)c2ccc3c(c2)CCCN(S(C)=O)C3)CC1. The largest absolute Gasteiger partial charge is 0.447 e. The molecule has 1 saturated heterocycles. The van der Waals surface area contributed by atoms with Gasteiger partial charge in [0.2, 0.25) is 0 Å². The number of ether oxygens (including phenoxy) is 1. The Kier molecular flexibility index (Phi) is 8.67. The molecule has 6 nitrogen and oxygen atoms in total. The summed E-state index contributed by atoms with van der Waals surface area (Å²) in [6, 6.07) is 6.03. The second-order valence-electron chi connectivity index (χ2n) is 9.05. The summed E-state index contributed by atoms with van der Waals surface area (Å²) in [6.45, 7) is 6.75. The maximum absolute atomic E-state index is 12.7. The number of hydrogen-bond donors (Lipinski definition) is 0. The molecule has 1 fully saturated rings. The van der Waals surface area contributed by atoms with Gasteiger partial charge in [-0.05, 0) is 75.5 Å². The van der Waals surface area contributed by atoms with Crippen LogP contribution in [0.2, 0.25) is 0 Å². The van der Waals surface area contributed by atoms with Gasteiger partial charge in [-0.3, -0.25) is 4.79 Å². The first-order valence-electron chi connectivity index (χ1n) is 11.5. The van der Waals surface area contributed by atoms with Crippen LogP contribution in [-0.4, -0.2) is 57.3 Å². The van der Waals surface area contributed by atoms with Crippen molar-refractivity contribution in [3.8, 4) is 0 Å². The number of ketones is 1. The number of likely N-dealkylation sites (tertiary alicyclic amines) is 1. The van der Waals surface area contributed by atoms with Gasteiger partial charge in [-0.1, -0.05) is 12.1 Å². The van der Waals surface area contributed by atoms with E-state index in [9.17, 15) is 13.8 Å². The van der Waals surface area contributed by atoms with Crippen molar-refractivity contribution in [2.24, 2.45) is 5.92 Å². The Bertz CT molecular complexity index is 803. The van der Waals surface area contributed by atoms with E-state index in [2.05, 4.69) is 6.07 Å². The number of benzene rings is 1. The van der Waals surface area contributed by atoms with E-state index >= 15 is 0 Å². The maximum Gasteiger partial charge on any atom is 0.410 e. The Hall–Kier alpha value is -1.73. The van der Waals surface area contributed by atoms with Crippen LogP contribution in [0.25, 0.3) is 0 Å². The molecule has 0 aliphatic carbocycles. The van der Waals surface area contributed by atoms with E-state index in [0.29, 0.717) is 18.9 Å². The summed E-state index contributed by atoms with van der Waals surface area (Å²) < 4.78 is 19.1. The average molecular weight is 449 g/mol. The number of nitrogens with zero attached hydrogens (tertiary/aromatic N) is 2. The summed E-state index contributed by atoms with van der Waals surface area (Å²) >= 11 is 0. The second-order valence-corrected chi connectivity index (χ2v) is 10.4. The number of rotatable bonds is 7. The molecule has 172 valence electrons. The number of aryl methyl sites for hydroxylation is 1. The Labute approximate surface area is 188 Å².